The van der Waals surface area contributed by atoms with Gasteiger partial charge in [0.1, 0.15) is 52.1 Å². The molecule has 0 N–H and O–H groups in total. The Morgan fingerprint density at radius 3 is 0.556 bits per heavy atom. The van der Waals surface area contributed by atoms with Gasteiger partial charge in [0.05, 0.1) is 0 Å². The van der Waals surface area contributed by atoms with Gasteiger partial charge in [0.25, 0.3) is 0 Å². The first-order valence-corrected chi connectivity index (χ1v) is 17.7. The van der Waals surface area contributed by atoms with Gasteiger partial charge in [-0.3, -0.25) is 0 Å². The molecule has 8 rings (SSSR count). The fraction of sp³-hybridized carbons (Fsp3) is 0. The number of hydrogen-bond acceptors (Lipinski definition) is 4. The molecule has 0 unspecified atom stereocenters. The van der Waals surface area contributed by atoms with Crippen molar-refractivity contribution in [3.05, 3.63) is 218 Å². The topological polar surface area (TPSA) is 36.9 Å². The Morgan fingerprint density at radius 1 is 0.204 bits per heavy atom. The quantitative estimate of drug-likeness (QED) is 0.127. The zero-order valence-corrected chi connectivity index (χ0v) is 30.0. The maximum atomic E-state index is 6.24. The van der Waals surface area contributed by atoms with Crippen molar-refractivity contribution in [3.63, 3.8) is 0 Å². The summed E-state index contributed by atoms with van der Waals surface area (Å²) >= 11 is 0. The Kier molecular flexibility index (Phi) is 11.3. The average molecular weight is 695 g/mol. The molecule has 0 aliphatic rings. The first kappa shape index (κ1) is 36.0. The second-order valence-corrected chi connectivity index (χ2v) is 12.8. The molecule has 0 bridgehead atoms. The van der Waals surface area contributed by atoms with E-state index in [-0.39, 0.29) is 18.9 Å². The van der Waals surface area contributed by atoms with Crippen molar-refractivity contribution in [2.75, 3.05) is 0 Å². The predicted molar refractivity (Wildman–Crippen MR) is 216 cm³/mol. The molecule has 4 nitrogen and oxygen atoms in total. The van der Waals surface area contributed by atoms with Gasteiger partial charge in [-0.15, -0.1) is 0 Å². The number of para-hydroxylation sites is 4. The van der Waals surface area contributed by atoms with Gasteiger partial charge in [-0.2, -0.15) is 21.9 Å². The Labute approximate surface area is 328 Å². The van der Waals surface area contributed by atoms with Crippen LogP contribution in [-0.2, 0) is 0 Å². The van der Waals surface area contributed by atoms with E-state index in [1.54, 1.807) is 0 Å². The first-order valence-electron chi connectivity index (χ1n) is 17.7. The monoisotopic (exact) mass is 694 g/mol. The molecule has 0 saturated heterocycles. The van der Waals surface area contributed by atoms with E-state index < -0.39 is 6.15 Å². The normalized spacial score (nSPS) is 10.8. The third kappa shape index (κ3) is 8.14. The van der Waals surface area contributed by atoms with Crippen molar-refractivity contribution >= 4 is 28.0 Å². The molecule has 256 valence electrons. The summed E-state index contributed by atoms with van der Waals surface area (Å²) in [6, 6.07) is 73.1. The summed E-state index contributed by atoms with van der Waals surface area (Å²) in [6.07, 6.45) is -1.76. The summed E-state index contributed by atoms with van der Waals surface area (Å²) in [4.78, 5) is 0. The molecule has 0 saturated carbocycles. The molecule has 0 atom stereocenters. The minimum atomic E-state index is -1.76. The van der Waals surface area contributed by atoms with Crippen molar-refractivity contribution in [2.45, 2.75) is 0 Å². The largest absolute Gasteiger partial charge is 1.00 e. The van der Waals surface area contributed by atoms with Crippen molar-refractivity contribution in [3.8, 4) is 46.0 Å². The Hall–Kier alpha value is -6.38. The number of ether oxygens (including phenoxy) is 4. The summed E-state index contributed by atoms with van der Waals surface area (Å²) in [5, 5.41) is 0. The van der Waals surface area contributed by atoms with Crippen LogP contribution < -0.4 is 59.7 Å². The van der Waals surface area contributed by atoms with Crippen molar-refractivity contribution in [1.82, 2.24) is 0 Å². The van der Waals surface area contributed by atoms with Gasteiger partial charge in [-0.1, -0.05) is 121 Å². The minimum Gasteiger partial charge on any atom is -0.457 e. The molecule has 8 aromatic carbocycles. The molecule has 0 aromatic heterocycles. The Morgan fingerprint density at radius 2 is 0.370 bits per heavy atom. The minimum absolute atomic E-state index is 0. The van der Waals surface area contributed by atoms with E-state index in [0.717, 1.165) is 67.8 Å². The molecule has 0 heterocycles. The van der Waals surface area contributed by atoms with E-state index in [0.29, 0.717) is 0 Å². The maximum Gasteiger partial charge on any atom is 1.00 e. The van der Waals surface area contributed by atoms with Gasteiger partial charge in [-0.05, 0) is 97.1 Å². The molecule has 0 fully saturated rings. The molecule has 54 heavy (non-hydrogen) atoms. The fourth-order valence-corrected chi connectivity index (χ4v) is 6.95. The van der Waals surface area contributed by atoms with E-state index >= 15 is 0 Å². The Balaban J connectivity index is 0.00000450. The van der Waals surface area contributed by atoms with Crippen molar-refractivity contribution in [2.24, 2.45) is 0 Å². The van der Waals surface area contributed by atoms with Crippen molar-refractivity contribution in [1.29, 1.82) is 0 Å². The van der Waals surface area contributed by atoms with Crippen LogP contribution in [0.15, 0.2) is 218 Å². The summed E-state index contributed by atoms with van der Waals surface area (Å²) in [5.41, 5.74) is 4.48. The van der Waals surface area contributed by atoms with Crippen LogP contribution in [-0.4, -0.2) is 6.15 Å². The van der Waals surface area contributed by atoms with E-state index in [4.69, 9.17) is 18.9 Å². The molecule has 8 aromatic rings. The number of rotatable bonds is 12. The smallest absolute Gasteiger partial charge is 0.457 e. The van der Waals surface area contributed by atoms with Gasteiger partial charge in [0, 0.05) is 0 Å². The van der Waals surface area contributed by atoms with Crippen LogP contribution in [0, 0.1) is 0 Å². The fourth-order valence-electron chi connectivity index (χ4n) is 6.95. The zero-order chi connectivity index (χ0) is 35.7. The van der Waals surface area contributed by atoms with Crippen LogP contribution in [0.3, 0.4) is 0 Å². The standard InChI is InChI=1S/C48H36BO4.Li/c1-5-13-41(14-6-1)50-45-29-21-37(22-30-45)49(38-23-31-46(32-24-38)51-42-15-7-2-8-16-42,39-25-33-47(34-26-39)52-43-17-9-3-10-18-43)40-27-35-48(36-28-40)53-44-19-11-4-12-20-44;/h1-36H;/q-1;+1. The molecule has 0 spiro atoms. The van der Waals surface area contributed by atoms with Crippen LogP contribution >= 0.6 is 0 Å². The van der Waals surface area contributed by atoms with Gasteiger partial charge < -0.3 is 18.9 Å². The molecule has 0 aliphatic carbocycles. The summed E-state index contributed by atoms with van der Waals surface area (Å²) in [7, 11) is 0. The van der Waals surface area contributed by atoms with Gasteiger partial charge in [-0.25, -0.2) is 0 Å². The van der Waals surface area contributed by atoms with Crippen LogP contribution in [0.1, 0.15) is 0 Å². The number of hydrogen-bond donors (Lipinski definition) is 0. The molecule has 0 radical (unpaired) electrons. The molecule has 0 amide bonds. The van der Waals surface area contributed by atoms with E-state index in [1.165, 1.54) is 0 Å². The van der Waals surface area contributed by atoms with Crippen LogP contribution in [0.2, 0.25) is 0 Å². The molecule has 0 aliphatic heterocycles. The molecular weight excluding hydrogens is 658 g/mol. The van der Waals surface area contributed by atoms with E-state index in [9.17, 15) is 0 Å². The van der Waals surface area contributed by atoms with Gasteiger partial charge >= 0.3 is 18.9 Å². The molecular formula is C48H36BLiO4. The third-order valence-electron chi connectivity index (χ3n) is 9.44. The summed E-state index contributed by atoms with van der Waals surface area (Å²) in [6.45, 7) is 0. The summed E-state index contributed by atoms with van der Waals surface area (Å²) < 4.78 is 24.9. The Bertz CT molecular complexity index is 1990. The zero-order valence-electron chi connectivity index (χ0n) is 30.0. The summed E-state index contributed by atoms with van der Waals surface area (Å²) in [5.74, 6) is 6.18. The predicted octanol–water partition coefficient (Wildman–Crippen LogP) is 7.24. The third-order valence-corrected chi connectivity index (χ3v) is 9.44. The van der Waals surface area contributed by atoms with E-state index in [1.807, 2.05) is 170 Å². The van der Waals surface area contributed by atoms with Crippen LogP contribution in [0.25, 0.3) is 0 Å². The van der Waals surface area contributed by atoms with Gasteiger partial charge in [0.2, 0.25) is 0 Å². The maximum absolute atomic E-state index is 6.24. The van der Waals surface area contributed by atoms with Crippen molar-refractivity contribution < 1.29 is 37.8 Å². The first-order chi connectivity index (χ1) is 26.2. The SMILES string of the molecule is [Li+].c1ccc(Oc2ccc([B-](c3ccc(Oc4ccccc4)cc3)(c3ccc(Oc4ccccc4)cc3)c3ccc(Oc4ccccc4)cc3)cc2)cc1. The second kappa shape index (κ2) is 17.0. The average Bonchev–Trinajstić information content (AvgIpc) is 3.22. The van der Waals surface area contributed by atoms with Crippen LogP contribution in [0.4, 0.5) is 0 Å². The van der Waals surface area contributed by atoms with Gasteiger partial charge in [0.15, 0.2) is 0 Å². The second-order valence-electron chi connectivity index (χ2n) is 12.8. The number of benzene rings is 8. The van der Waals surface area contributed by atoms with Crippen LogP contribution in [0.5, 0.6) is 46.0 Å². The molecule has 6 heteroatoms. The van der Waals surface area contributed by atoms with E-state index in [2.05, 4.69) is 48.5 Å².